The summed E-state index contributed by atoms with van der Waals surface area (Å²) >= 11 is 5.88. The molecule has 0 amide bonds. The van der Waals surface area contributed by atoms with Gasteiger partial charge in [0.05, 0.1) is 16.0 Å². The number of hydrogen-bond acceptors (Lipinski definition) is 4. The van der Waals surface area contributed by atoms with Crippen LogP contribution in [-0.2, 0) is 0 Å². The first kappa shape index (κ1) is 14.8. The summed E-state index contributed by atoms with van der Waals surface area (Å²) in [5.74, 6) is 0. The van der Waals surface area contributed by atoms with Gasteiger partial charge in [-0.2, -0.15) is 0 Å². The number of aromatic amines is 1. The minimum atomic E-state index is -0.733. The average Bonchev–Trinajstić information content (AvgIpc) is 2.49. The Morgan fingerprint density at radius 1 is 1.23 bits per heavy atom. The lowest BCUT2D eigenvalue weighted by Gasteiger charge is -2.25. The van der Waals surface area contributed by atoms with E-state index in [1.807, 2.05) is 0 Å². The Labute approximate surface area is 129 Å². The second kappa shape index (κ2) is 5.57. The lowest BCUT2D eigenvalue weighted by atomic mass is 9.95. The number of nitro groups is 1. The van der Waals surface area contributed by atoms with Gasteiger partial charge >= 0.3 is 11.1 Å². The third-order valence-electron chi connectivity index (χ3n) is 4.12. The van der Waals surface area contributed by atoms with E-state index < -0.39 is 16.0 Å². The molecule has 0 spiro atoms. The molecular formula is C14H14ClN3O4. The number of rotatable bonds is 2. The molecule has 116 valence electrons. The molecule has 22 heavy (non-hydrogen) atoms. The van der Waals surface area contributed by atoms with Gasteiger partial charge in [0, 0.05) is 12.1 Å². The Morgan fingerprint density at radius 2 is 1.91 bits per heavy atom. The van der Waals surface area contributed by atoms with Gasteiger partial charge in [0.1, 0.15) is 5.02 Å². The van der Waals surface area contributed by atoms with Crippen LogP contribution in [0.1, 0.15) is 38.1 Å². The van der Waals surface area contributed by atoms with Gasteiger partial charge in [0.2, 0.25) is 0 Å². The van der Waals surface area contributed by atoms with Crippen LogP contribution in [0.3, 0.4) is 0 Å². The molecule has 0 atom stereocenters. The van der Waals surface area contributed by atoms with E-state index in [0.717, 1.165) is 32.1 Å². The van der Waals surface area contributed by atoms with E-state index in [4.69, 9.17) is 11.6 Å². The molecular weight excluding hydrogens is 310 g/mol. The van der Waals surface area contributed by atoms with Crippen molar-refractivity contribution in [3.05, 3.63) is 48.0 Å². The molecule has 8 heteroatoms. The number of aromatic nitrogens is 2. The summed E-state index contributed by atoms with van der Waals surface area (Å²) in [6, 6.07) is 2.49. The van der Waals surface area contributed by atoms with Crippen LogP contribution >= 0.6 is 11.6 Å². The van der Waals surface area contributed by atoms with Crippen LogP contribution in [-0.4, -0.2) is 14.5 Å². The summed E-state index contributed by atoms with van der Waals surface area (Å²) in [6.07, 6.45) is 4.62. The van der Waals surface area contributed by atoms with Crippen LogP contribution in [0.15, 0.2) is 21.7 Å². The summed E-state index contributed by atoms with van der Waals surface area (Å²) < 4.78 is 1.40. The van der Waals surface area contributed by atoms with E-state index in [9.17, 15) is 19.7 Å². The predicted octanol–water partition coefficient (Wildman–Crippen LogP) is 2.76. The SMILES string of the molecule is O=c1[nH]c2cc(Cl)c([N+](=O)[O-])cc2n(C2CCCCC2)c1=O. The molecule has 1 aliphatic rings. The molecule has 2 aromatic rings. The Morgan fingerprint density at radius 3 is 2.55 bits per heavy atom. The fourth-order valence-corrected chi connectivity index (χ4v) is 3.32. The van der Waals surface area contributed by atoms with Crippen LogP contribution in [0, 0.1) is 10.1 Å². The van der Waals surface area contributed by atoms with Gasteiger partial charge in [-0.05, 0) is 18.9 Å². The maximum Gasteiger partial charge on any atom is 0.316 e. The average molecular weight is 324 g/mol. The van der Waals surface area contributed by atoms with Crippen molar-refractivity contribution in [1.82, 2.24) is 9.55 Å². The highest BCUT2D eigenvalue weighted by Crippen LogP contribution is 2.32. The normalized spacial score (nSPS) is 16.0. The highest BCUT2D eigenvalue weighted by molar-refractivity contribution is 6.33. The van der Waals surface area contributed by atoms with E-state index in [0.29, 0.717) is 11.0 Å². The van der Waals surface area contributed by atoms with Gasteiger partial charge in [0.15, 0.2) is 0 Å². The van der Waals surface area contributed by atoms with Crippen molar-refractivity contribution < 1.29 is 4.92 Å². The number of halogens is 1. The minimum absolute atomic E-state index is 0.0676. The third kappa shape index (κ3) is 2.41. The number of nitrogens with zero attached hydrogens (tertiary/aromatic N) is 2. The Hall–Kier alpha value is -2.15. The zero-order chi connectivity index (χ0) is 15.9. The first-order chi connectivity index (χ1) is 10.5. The quantitative estimate of drug-likeness (QED) is 0.522. The Balaban J connectivity index is 2.34. The molecule has 1 aromatic carbocycles. The maximum absolute atomic E-state index is 12.3. The van der Waals surface area contributed by atoms with Gasteiger partial charge in [-0.25, -0.2) is 0 Å². The van der Waals surface area contributed by atoms with E-state index in [2.05, 4.69) is 4.98 Å². The van der Waals surface area contributed by atoms with Crippen LogP contribution < -0.4 is 11.1 Å². The molecule has 1 heterocycles. The minimum Gasteiger partial charge on any atom is -0.316 e. The molecule has 1 aliphatic carbocycles. The smallest absolute Gasteiger partial charge is 0.316 e. The van der Waals surface area contributed by atoms with Gasteiger partial charge < -0.3 is 4.98 Å². The molecule has 1 saturated carbocycles. The number of nitro benzene ring substituents is 1. The van der Waals surface area contributed by atoms with Gasteiger partial charge in [-0.1, -0.05) is 30.9 Å². The van der Waals surface area contributed by atoms with Crippen molar-refractivity contribution in [3.63, 3.8) is 0 Å². The van der Waals surface area contributed by atoms with Crippen molar-refractivity contribution >= 4 is 28.3 Å². The highest BCUT2D eigenvalue weighted by Gasteiger charge is 2.23. The van der Waals surface area contributed by atoms with Crippen LogP contribution in [0.5, 0.6) is 0 Å². The van der Waals surface area contributed by atoms with E-state index in [1.54, 1.807) is 0 Å². The van der Waals surface area contributed by atoms with Gasteiger partial charge in [-0.15, -0.1) is 0 Å². The van der Waals surface area contributed by atoms with E-state index >= 15 is 0 Å². The lowest BCUT2D eigenvalue weighted by Crippen LogP contribution is -2.38. The zero-order valence-corrected chi connectivity index (χ0v) is 12.4. The first-order valence-corrected chi connectivity index (χ1v) is 7.49. The summed E-state index contributed by atoms with van der Waals surface area (Å²) in [5, 5.41) is 11.0. The molecule has 1 fully saturated rings. The van der Waals surface area contributed by atoms with Crippen molar-refractivity contribution in [2.45, 2.75) is 38.1 Å². The zero-order valence-electron chi connectivity index (χ0n) is 11.7. The number of hydrogen-bond donors (Lipinski definition) is 1. The molecule has 0 bridgehead atoms. The molecule has 1 N–H and O–H groups in total. The number of benzene rings is 1. The van der Waals surface area contributed by atoms with Crippen LogP contribution in [0.25, 0.3) is 11.0 Å². The molecule has 3 rings (SSSR count). The number of fused-ring (bicyclic) bond motifs is 1. The molecule has 1 aromatic heterocycles. The molecule has 0 unspecified atom stereocenters. The fourth-order valence-electron chi connectivity index (χ4n) is 3.09. The predicted molar refractivity (Wildman–Crippen MR) is 82.6 cm³/mol. The van der Waals surface area contributed by atoms with Crippen molar-refractivity contribution in [2.75, 3.05) is 0 Å². The first-order valence-electron chi connectivity index (χ1n) is 7.11. The standard InChI is InChI=1S/C14H14ClN3O4/c15-9-6-10-12(7-11(9)18(21)22)17(14(20)13(19)16-10)8-4-2-1-3-5-8/h6-8H,1-5H2,(H,16,19). The van der Waals surface area contributed by atoms with Crippen molar-refractivity contribution in [1.29, 1.82) is 0 Å². The number of nitrogens with one attached hydrogen (secondary N) is 1. The topological polar surface area (TPSA) is 98.0 Å². The maximum atomic E-state index is 12.3. The van der Waals surface area contributed by atoms with E-state index in [-0.39, 0.29) is 16.8 Å². The Bertz CT molecular complexity index is 865. The van der Waals surface area contributed by atoms with Gasteiger partial charge in [0.25, 0.3) is 5.69 Å². The summed E-state index contributed by atoms with van der Waals surface area (Å²) in [6.45, 7) is 0. The fraction of sp³-hybridized carbons (Fsp3) is 0.429. The Kier molecular flexibility index (Phi) is 3.74. The molecule has 0 radical (unpaired) electrons. The van der Waals surface area contributed by atoms with Crippen molar-refractivity contribution in [2.24, 2.45) is 0 Å². The molecule has 0 aliphatic heterocycles. The summed E-state index contributed by atoms with van der Waals surface area (Å²) in [4.78, 5) is 37.0. The van der Waals surface area contributed by atoms with Crippen molar-refractivity contribution in [3.8, 4) is 0 Å². The largest absolute Gasteiger partial charge is 0.316 e. The summed E-state index contributed by atoms with van der Waals surface area (Å²) in [5.41, 5.74) is -0.984. The lowest BCUT2D eigenvalue weighted by molar-refractivity contribution is -0.384. The second-order valence-electron chi connectivity index (χ2n) is 5.50. The van der Waals surface area contributed by atoms with E-state index in [1.165, 1.54) is 16.7 Å². The highest BCUT2D eigenvalue weighted by atomic mass is 35.5. The van der Waals surface area contributed by atoms with Crippen LogP contribution in [0.2, 0.25) is 5.02 Å². The third-order valence-corrected chi connectivity index (χ3v) is 4.43. The van der Waals surface area contributed by atoms with Gasteiger partial charge in [-0.3, -0.25) is 24.3 Å². The monoisotopic (exact) mass is 323 g/mol. The second-order valence-corrected chi connectivity index (χ2v) is 5.91. The summed E-state index contributed by atoms with van der Waals surface area (Å²) in [7, 11) is 0. The molecule has 0 saturated heterocycles. The molecule has 7 nitrogen and oxygen atoms in total. The number of H-pyrrole nitrogens is 1. The van der Waals surface area contributed by atoms with Crippen LogP contribution in [0.4, 0.5) is 5.69 Å².